The van der Waals surface area contributed by atoms with Gasteiger partial charge >= 0.3 is 0 Å². The van der Waals surface area contributed by atoms with E-state index in [4.69, 9.17) is 4.74 Å². The summed E-state index contributed by atoms with van der Waals surface area (Å²) in [6.07, 6.45) is 0. The van der Waals surface area contributed by atoms with Crippen molar-refractivity contribution in [2.24, 2.45) is 0 Å². The summed E-state index contributed by atoms with van der Waals surface area (Å²) in [5.74, 6) is -1.65. The van der Waals surface area contributed by atoms with Gasteiger partial charge in [0.15, 0.2) is 18.2 Å². The lowest BCUT2D eigenvalue weighted by Crippen LogP contribution is -2.21. The van der Waals surface area contributed by atoms with Gasteiger partial charge in [-0.2, -0.15) is 5.10 Å². The van der Waals surface area contributed by atoms with E-state index in [-0.39, 0.29) is 5.75 Å². The number of rotatable bonds is 6. The van der Waals surface area contributed by atoms with Crippen LogP contribution in [0.2, 0.25) is 0 Å². The zero-order chi connectivity index (χ0) is 21.1. The standard InChI is InChI=1S/C20H19FN4O4/c1-12-4-6-15(7-5-12)24-14(3)20(13(2)23-24)22-19(26)11-29-18-9-8-16(25(27)28)10-17(18)21/h4-10H,11H2,1-3H3,(H,22,26). The second kappa shape index (κ2) is 8.09. The van der Waals surface area contributed by atoms with Crippen LogP contribution < -0.4 is 10.1 Å². The molecule has 150 valence electrons. The van der Waals surface area contributed by atoms with Crippen LogP contribution in [0.3, 0.4) is 0 Å². The fourth-order valence-electron chi connectivity index (χ4n) is 2.80. The number of hydrogen-bond donors (Lipinski definition) is 1. The monoisotopic (exact) mass is 398 g/mol. The molecule has 0 fully saturated rings. The number of amides is 1. The van der Waals surface area contributed by atoms with Gasteiger partial charge in [-0.1, -0.05) is 17.7 Å². The molecular weight excluding hydrogens is 379 g/mol. The molecule has 0 spiro atoms. The first-order valence-corrected chi connectivity index (χ1v) is 8.76. The average molecular weight is 398 g/mol. The van der Waals surface area contributed by atoms with Crippen LogP contribution in [-0.4, -0.2) is 27.2 Å². The Morgan fingerprint density at radius 1 is 1.21 bits per heavy atom. The molecule has 3 rings (SSSR count). The molecule has 1 aromatic heterocycles. The Balaban J connectivity index is 1.70. The third-order valence-electron chi connectivity index (χ3n) is 4.32. The lowest BCUT2D eigenvalue weighted by atomic mass is 10.2. The third-order valence-corrected chi connectivity index (χ3v) is 4.32. The minimum atomic E-state index is -0.911. The number of non-ortho nitro benzene ring substituents is 1. The number of carbonyl (C=O) groups is 1. The molecule has 0 unspecified atom stereocenters. The number of nitrogens with one attached hydrogen (secondary N) is 1. The summed E-state index contributed by atoms with van der Waals surface area (Å²) in [4.78, 5) is 22.2. The van der Waals surface area contributed by atoms with Crippen LogP contribution in [0.5, 0.6) is 5.75 Å². The topological polar surface area (TPSA) is 99.3 Å². The summed E-state index contributed by atoms with van der Waals surface area (Å²) in [6, 6.07) is 10.8. The summed E-state index contributed by atoms with van der Waals surface area (Å²) in [7, 11) is 0. The van der Waals surface area contributed by atoms with Crippen LogP contribution >= 0.6 is 0 Å². The predicted molar refractivity (Wildman–Crippen MR) is 105 cm³/mol. The largest absolute Gasteiger partial charge is 0.481 e. The lowest BCUT2D eigenvalue weighted by Gasteiger charge is -2.09. The minimum Gasteiger partial charge on any atom is -0.481 e. The SMILES string of the molecule is Cc1ccc(-n2nc(C)c(NC(=O)COc3ccc([N+](=O)[O-])cc3F)c2C)cc1. The van der Waals surface area contributed by atoms with E-state index in [2.05, 4.69) is 10.4 Å². The summed E-state index contributed by atoms with van der Waals surface area (Å²) in [5, 5.41) is 17.8. The molecule has 2 aromatic carbocycles. The van der Waals surface area contributed by atoms with Gasteiger partial charge in [-0.25, -0.2) is 9.07 Å². The van der Waals surface area contributed by atoms with E-state index >= 15 is 0 Å². The Morgan fingerprint density at radius 3 is 2.52 bits per heavy atom. The average Bonchev–Trinajstić information content (AvgIpc) is 2.95. The van der Waals surface area contributed by atoms with Crippen LogP contribution in [0.25, 0.3) is 5.69 Å². The molecule has 29 heavy (non-hydrogen) atoms. The van der Waals surface area contributed by atoms with Crippen LogP contribution in [0.1, 0.15) is 17.0 Å². The quantitative estimate of drug-likeness (QED) is 0.502. The van der Waals surface area contributed by atoms with Crippen molar-refractivity contribution in [3.05, 3.63) is 75.3 Å². The van der Waals surface area contributed by atoms with Crippen LogP contribution in [0.15, 0.2) is 42.5 Å². The van der Waals surface area contributed by atoms with Gasteiger partial charge in [0, 0.05) is 6.07 Å². The second-order valence-electron chi connectivity index (χ2n) is 6.50. The van der Waals surface area contributed by atoms with Crippen molar-refractivity contribution in [2.45, 2.75) is 20.8 Å². The van der Waals surface area contributed by atoms with Crippen LogP contribution in [-0.2, 0) is 4.79 Å². The van der Waals surface area contributed by atoms with Crippen molar-refractivity contribution in [3.63, 3.8) is 0 Å². The molecule has 3 aromatic rings. The zero-order valence-electron chi connectivity index (χ0n) is 16.1. The fourth-order valence-corrected chi connectivity index (χ4v) is 2.80. The number of aryl methyl sites for hydroxylation is 2. The number of halogens is 1. The number of anilines is 1. The van der Waals surface area contributed by atoms with Crippen molar-refractivity contribution >= 4 is 17.3 Å². The molecule has 0 aliphatic heterocycles. The molecule has 1 heterocycles. The maximum absolute atomic E-state index is 13.9. The van der Waals surface area contributed by atoms with Gasteiger partial charge in [0.25, 0.3) is 11.6 Å². The minimum absolute atomic E-state index is 0.241. The highest BCUT2D eigenvalue weighted by Gasteiger charge is 2.17. The summed E-state index contributed by atoms with van der Waals surface area (Å²) < 4.78 is 20.7. The molecule has 0 saturated heterocycles. The molecule has 0 atom stereocenters. The van der Waals surface area contributed by atoms with Crippen LogP contribution in [0, 0.1) is 36.7 Å². The van der Waals surface area contributed by atoms with E-state index in [1.54, 1.807) is 11.6 Å². The van der Waals surface area contributed by atoms with Gasteiger partial charge in [0.1, 0.15) is 0 Å². The van der Waals surface area contributed by atoms with Gasteiger partial charge in [-0.05, 0) is 39.0 Å². The Hall–Kier alpha value is -3.75. The van der Waals surface area contributed by atoms with Crippen molar-refractivity contribution < 1.29 is 18.8 Å². The highest BCUT2D eigenvalue weighted by Crippen LogP contribution is 2.24. The summed E-state index contributed by atoms with van der Waals surface area (Å²) >= 11 is 0. The first-order valence-electron chi connectivity index (χ1n) is 8.76. The molecule has 0 aliphatic carbocycles. The molecule has 8 nitrogen and oxygen atoms in total. The molecule has 1 N–H and O–H groups in total. The first kappa shape index (κ1) is 20.0. The van der Waals surface area contributed by atoms with Crippen molar-refractivity contribution in [2.75, 3.05) is 11.9 Å². The molecule has 0 bridgehead atoms. The van der Waals surface area contributed by atoms with E-state index < -0.39 is 28.9 Å². The number of aromatic nitrogens is 2. The van der Waals surface area contributed by atoms with Gasteiger partial charge < -0.3 is 10.1 Å². The first-order chi connectivity index (χ1) is 13.8. The maximum atomic E-state index is 13.9. The highest BCUT2D eigenvalue weighted by molar-refractivity contribution is 5.93. The Bertz CT molecular complexity index is 1080. The van der Waals surface area contributed by atoms with Crippen molar-refractivity contribution in [1.82, 2.24) is 9.78 Å². The normalized spacial score (nSPS) is 10.6. The Kier molecular flexibility index (Phi) is 5.58. The van der Waals surface area contributed by atoms with E-state index in [1.807, 2.05) is 38.1 Å². The molecule has 0 saturated carbocycles. The van der Waals surface area contributed by atoms with Gasteiger partial charge in [0.2, 0.25) is 0 Å². The lowest BCUT2D eigenvalue weighted by molar-refractivity contribution is -0.385. The van der Waals surface area contributed by atoms with E-state index in [1.165, 1.54) is 0 Å². The number of nitro benzene ring substituents is 1. The van der Waals surface area contributed by atoms with Crippen molar-refractivity contribution in [3.8, 4) is 11.4 Å². The molecule has 0 aliphatic rings. The number of nitro groups is 1. The van der Waals surface area contributed by atoms with Gasteiger partial charge in [-0.3, -0.25) is 14.9 Å². The van der Waals surface area contributed by atoms with E-state index in [0.29, 0.717) is 11.4 Å². The smallest absolute Gasteiger partial charge is 0.272 e. The molecular formula is C20H19FN4O4. The molecule has 1 amide bonds. The number of hydrogen-bond acceptors (Lipinski definition) is 5. The number of benzene rings is 2. The Morgan fingerprint density at radius 2 is 1.90 bits per heavy atom. The fraction of sp³-hybridized carbons (Fsp3) is 0.200. The van der Waals surface area contributed by atoms with Crippen molar-refractivity contribution in [1.29, 1.82) is 0 Å². The molecule has 9 heteroatoms. The third kappa shape index (κ3) is 4.40. The number of ether oxygens (including phenoxy) is 1. The van der Waals surface area contributed by atoms with Gasteiger partial charge in [0.05, 0.1) is 33.8 Å². The van der Waals surface area contributed by atoms with Crippen LogP contribution in [0.4, 0.5) is 15.8 Å². The summed E-state index contributed by atoms with van der Waals surface area (Å²) in [5.41, 5.74) is 3.50. The Labute approximate surface area is 166 Å². The predicted octanol–water partition coefficient (Wildman–Crippen LogP) is 3.86. The second-order valence-corrected chi connectivity index (χ2v) is 6.50. The zero-order valence-corrected chi connectivity index (χ0v) is 16.1. The molecule has 0 radical (unpaired) electrons. The maximum Gasteiger partial charge on any atom is 0.272 e. The number of nitrogens with zero attached hydrogens (tertiary/aromatic N) is 3. The highest BCUT2D eigenvalue weighted by atomic mass is 19.1. The van der Waals surface area contributed by atoms with Gasteiger partial charge in [-0.15, -0.1) is 0 Å². The van der Waals surface area contributed by atoms with E-state index in [9.17, 15) is 19.3 Å². The van der Waals surface area contributed by atoms with E-state index in [0.717, 1.165) is 35.1 Å². The number of carbonyl (C=O) groups excluding carboxylic acids is 1. The summed E-state index contributed by atoms with van der Waals surface area (Å²) in [6.45, 7) is 5.13.